The third-order valence-corrected chi connectivity index (χ3v) is 5.86. The number of fused-ring (bicyclic) bond motifs is 1. The van der Waals surface area contributed by atoms with E-state index < -0.39 is 0 Å². The number of aryl methyl sites for hydroxylation is 2. The lowest BCUT2D eigenvalue weighted by Crippen LogP contribution is -2.10. The van der Waals surface area contributed by atoms with Gasteiger partial charge in [-0.2, -0.15) is 0 Å². The number of carbonyl (C=O) groups excluding carboxylic acids is 1. The molecule has 2 heterocycles. The van der Waals surface area contributed by atoms with Crippen molar-refractivity contribution in [1.29, 1.82) is 0 Å². The van der Waals surface area contributed by atoms with Gasteiger partial charge in [0.1, 0.15) is 11.3 Å². The summed E-state index contributed by atoms with van der Waals surface area (Å²) in [5.74, 6) is 1.06. The van der Waals surface area contributed by atoms with Gasteiger partial charge >= 0.3 is 0 Å². The Balaban J connectivity index is 1.37. The molecule has 1 amide bonds. The van der Waals surface area contributed by atoms with Crippen LogP contribution in [0.4, 0.5) is 5.69 Å². The summed E-state index contributed by atoms with van der Waals surface area (Å²) in [5.41, 5.74) is 6.19. The van der Waals surface area contributed by atoms with Crippen molar-refractivity contribution in [3.05, 3.63) is 94.2 Å². The molecule has 5 aromatic rings. The quantitative estimate of drug-likeness (QED) is 0.287. The summed E-state index contributed by atoms with van der Waals surface area (Å²) in [4.78, 5) is 17.3. The van der Waals surface area contributed by atoms with Crippen molar-refractivity contribution in [2.75, 3.05) is 5.32 Å². The third-order valence-electron chi connectivity index (χ3n) is 5.33. The van der Waals surface area contributed by atoms with Gasteiger partial charge in [-0.3, -0.25) is 4.79 Å². The van der Waals surface area contributed by atoms with Crippen LogP contribution in [0.5, 0.6) is 0 Å². The minimum atomic E-state index is -0.325. The van der Waals surface area contributed by atoms with Crippen molar-refractivity contribution < 1.29 is 13.6 Å². The lowest BCUT2D eigenvalue weighted by molar-refractivity contribution is 0.0997. The normalized spacial score (nSPS) is 11.1. The highest BCUT2D eigenvalue weighted by molar-refractivity contribution is 9.10. The van der Waals surface area contributed by atoms with E-state index in [-0.39, 0.29) is 11.7 Å². The predicted molar refractivity (Wildman–Crippen MR) is 129 cm³/mol. The first-order chi connectivity index (χ1) is 15.5. The fourth-order valence-electron chi connectivity index (χ4n) is 3.46. The highest BCUT2D eigenvalue weighted by Crippen LogP contribution is 2.29. The van der Waals surface area contributed by atoms with Crippen LogP contribution >= 0.6 is 15.9 Å². The van der Waals surface area contributed by atoms with Crippen LogP contribution in [0.15, 0.2) is 86.1 Å². The zero-order chi connectivity index (χ0) is 22.2. The second kappa shape index (κ2) is 8.13. The van der Waals surface area contributed by atoms with Crippen LogP contribution in [-0.2, 0) is 0 Å². The van der Waals surface area contributed by atoms with Crippen LogP contribution in [0.1, 0.15) is 21.7 Å². The minimum absolute atomic E-state index is 0.237. The van der Waals surface area contributed by atoms with Crippen molar-refractivity contribution in [3.8, 4) is 22.8 Å². The Morgan fingerprint density at radius 3 is 2.47 bits per heavy atom. The van der Waals surface area contributed by atoms with Crippen LogP contribution < -0.4 is 5.32 Å². The lowest BCUT2D eigenvalue weighted by atomic mass is 10.1. The number of rotatable bonds is 4. The molecule has 0 fully saturated rings. The summed E-state index contributed by atoms with van der Waals surface area (Å²) in [6, 6.07) is 22.6. The summed E-state index contributed by atoms with van der Waals surface area (Å²) >= 11 is 3.42. The molecule has 0 spiro atoms. The Morgan fingerprint density at radius 2 is 1.66 bits per heavy atom. The van der Waals surface area contributed by atoms with E-state index in [9.17, 15) is 4.79 Å². The number of aromatic nitrogens is 1. The molecule has 0 saturated heterocycles. The van der Waals surface area contributed by atoms with Crippen molar-refractivity contribution >= 4 is 38.6 Å². The molecular formula is C26H19BrN2O3. The molecule has 1 N–H and O–H groups in total. The average molecular weight is 487 g/mol. The standard InChI is InChI=1S/C26H19BrN2O3/c1-15-12-21-24(13-16(15)2)32-26(29-21)18-4-3-5-20(14-18)28-25(30)23-11-10-22(31-23)17-6-8-19(27)9-7-17/h3-14H,1-2H3,(H,28,30). The van der Waals surface area contributed by atoms with Gasteiger partial charge in [-0.15, -0.1) is 0 Å². The summed E-state index contributed by atoms with van der Waals surface area (Å²) in [7, 11) is 0. The van der Waals surface area contributed by atoms with Gasteiger partial charge in [0, 0.05) is 21.3 Å². The molecule has 0 radical (unpaired) electrons. The number of amides is 1. The van der Waals surface area contributed by atoms with Gasteiger partial charge in [0.2, 0.25) is 5.89 Å². The van der Waals surface area contributed by atoms with Crippen molar-refractivity contribution in [2.45, 2.75) is 13.8 Å². The molecule has 0 aliphatic heterocycles. The molecule has 0 unspecified atom stereocenters. The maximum Gasteiger partial charge on any atom is 0.291 e. The number of nitrogens with zero attached hydrogens (tertiary/aromatic N) is 1. The Labute approximate surface area is 193 Å². The highest BCUT2D eigenvalue weighted by Gasteiger charge is 2.14. The fraction of sp³-hybridized carbons (Fsp3) is 0.0769. The first-order valence-electron chi connectivity index (χ1n) is 10.1. The van der Waals surface area contributed by atoms with Crippen LogP contribution in [-0.4, -0.2) is 10.9 Å². The molecule has 32 heavy (non-hydrogen) atoms. The maximum atomic E-state index is 12.7. The second-order valence-corrected chi connectivity index (χ2v) is 8.54. The summed E-state index contributed by atoms with van der Waals surface area (Å²) in [5, 5.41) is 2.88. The predicted octanol–water partition coefficient (Wildman–Crippen LogP) is 7.39. The highest BCUT2D eigenvalue weighted by atomic mass is 79.9. The van der Waals surface area contributed by atoms with E-state index in [1.165, 1.54) is 5.56 Å². The molecule has 5 rings (SSSR count). The third kappa shape index (κ3) is 3.97. The Bertz CT molecular complexity index is 1410. The summed E-state index contributed by atoms with van der Waals surface area (Å²) < 4.78 is 12.7. The zero-order valence-electron chi connectivity index (χ0n) is 17.5. The van der Waals surface area contributed by atoms with Crippen molar-refractivity contribution in [2.24, 2.45) is 0 Å². The number of carbonyl (C=O) groups is 1. The topological polar surface area (TPSA) is 68.3 Å². The van der Waals surface area contributed by atoms with Crippen molar-refractivity contribution in [3.63, 3.8) is 0 Å². The fourth-order valence-corrected chi connectivity index (χ4v) is 3.72. The molecule has 0 atom stereocenters. The molecule has 0 saturated carbocycles. The monoisotopic (exact) mass is 486 g/mol. The van der Waals surface area contributed by atoms with Gasteiger partial charge in [-0.1, -0.05) is 34.1 Å². The summed E-state index contributed by atoms with van der Waals surface area (Å²) in [6.45, 7) is 4.10. The number of halogens is 1. The molecule has 0 aliphatic rings. The zero-order valence-corrected chi connectivity index (χ0v) is 19.1. The van der Waals surface area contributed by atoms with Crippen LogP contribution in [0.25, 0.3) is 33.9 Å². The molecule has 0 aliphatic carbocycles. The van der Waals surface area contributed by atoms with E-state index in [1.807, 2.05) is 67.6 Å². The number of furan rings is 1. The average Bonchev–Trinajstić information content (AvgIpc) is 3.42. The number of anilines is 1. The van der Waals surface area contributed by atoms with E-state index in [1.54, 1.807) is 12.1 Å². The first kappa shape index (κ1) is 20.3. The van der Waals surface area contributed by atoms with Crippen LogP contribution in [0.2, 0.25) is 0 Å². The van der Waals surface area contributed by atoms with E-state index in [0.717, 1.165) is 32.3 Å². The first-order valence-corrected chi connectivity index (χ1v) is 10.9. The number of hydrogen-bond acceptors (Lipinski definition) is 4. The smallest absolute Gasteiger partial charge is 0.291 e. The molecular weight excluding hydrogens is 468 g/mol. The number of hydrogen-bond donors (Lipinski definition) is 1. The SMILES string of the molecule is Cc1cc2nc(-c3cccc(NC(=O)c4ccc(-c5ccc(Br)cc5)o4)c3)oc2cc1C. The van der Waals surface area contributed by atoms with Gasteiger partial charge < -0.3 is 14.2 Å². The molecule has 0 bridgehead atoms. The summed E-state index contributed by atoms with van der Waals surface area (Å²) in [6.07, 6.45) is 0. The molecule has 158 valence electrons. The largest absolute Gasteiger partial charge is 0.451 e. The van der Waals surface area contributed by atoms with Crippen molar-refractivity contribution in [1.82, 2.24) is 4.98 Å². The van der Waals surface area contributed by atoms with Gasteiger partial charge in [0.15, 0.2) is 11.3 Å². The minimum Gasteiger partial charge on any atom is -0.451 e. The maximum absolute atomic E-state index is 12.7. The number of benzene rings is 3. The Morgan fingerprint density at radius 1 is 0.875 bits per heavy atom. The lowest BCUT2D eigenvalue weighted by Gasteiger charge is -2.05. The number of oxazole rings is 1. The molecule has 3 aromatic carbocycles. The van der Waals surface area contributed by atoms with Crippen LogP contribution in [0.3, 0.4) is 0 Å². The van der Waals surface area contributed by atoms with E-state index >= 15 is 0 Å². The second-order valence-electron chi connectivity index (χ2n) is 7.63. The molecule has 2 aromatic heterocycles. The van der Waals surface area contributed by atoms with Gasteiger partial charge in [0.25, 0.3) is 5.91 Å². The molecule has 6 heteroatoms. The van der Waals surface area contributed by atoms with Gasteiger partial charge in [-0.25, -0.2) is 4.98 Å². The Hall–Kier alpha value is -3.64. The van der Waals surface area contributed by atoms with Gasteiger partial charge in [-0.05, 0) is 79.6 Å². The van der Waals surface area contributed by atoms with E-state index in [4.69, 9.17) is 8.83 Å². The van der Waals surface area contributed by atoms with E-state index in [0.29, 0.717) is 17.3 Å². The van der Waals surface area contributed by atoms with E-state index in [2.05, 4.69) is 33.2 Å². The van der Waals surface area contributed by atoms with Gasteiger partial charge in [0.05, 0.1) is 0 Å². The molecule has 5 nitrogen and oxygen atoms in total. The number of nitrogens with one attached hydrogen (secondary N) is 1. The Kier molecular flexibility index (Phi) is 5.15. The van der Waals surface area contributed by atoms with Crippen LogP contribution in [0, 0.1) is 13.8 Å².